The van der Waals surface area contributed by atoms with Crippen LogP contribution in [0.25, 0.3) is 0 Å². The van der Waals surface area contributed by atoms with Crippen molar-refractivity contribution in [2.24, 2.45) is 5.92 Å². The predicted octanol–water partition coefficient (Wildman–Crippen LogP) is 1.17. The Balaban J connectivity index is 2.25. The molecule has 0 bridgehead atoms. The molecule has 1 saturated heterocycles. The minimum Gasteiger partial charge on any atom is -0.374 e. The zero-order valence-electron chi connectivity index (χ0n) is 11.4. The monoisotopic (exact) mass is 263 g/mol. The molecule has 0 aliphatic carbocycles. The summed E-state index contributed by atoms with van der Waals surface area (Å²) in [6.07, 6.45) is 0. The Bertz CT molecular complexity index is 322. The van der Waals surface area contributed by atoms with Crippen LogP contribution in [0.2, 0.25) is 0 Å². The number of rotatable bonds is 5. The summed E-state index contributed by atoms with van der Waals surface area (Å²) < 4.78 is 28.4. The molecule has 1 fully saturated rings. The second-order valence-electron chi connectivity index (χ2n) is 5.60. The van der Waals surface area contributed by atoms with Gasteiger partial charge in [-0.05, 0) is 19.8 Å². The lowest BCUT2D eigenvalue weighted by atomic mass is 9.95. The van der Waals surface area contributed by atoms with Crippen LogP contribution in [0.15, 0.2) is 0 Å². The number of hydrogen-bond acceptors (Lipinski definition) is 4. The van der Waals surface area contributed by atoms with Gasteiger partial charge in [0.05, 0.1) is 23.7 Å². The van der Waals surface area contributed by atoms with Crippen molar-refractivity contribution in [1.29, 1.82) is 0 Å². The molecule has 0 saturated carbocycles. The van der Waals surface area contributed by atoms with Crippen LogP contribution in [0.4, 0.5) is 0 Å². The average molecular weight is 263 g/mol. The van der Waals surface area contributed by atoms with Crippen LogP contribution in [0.1, 0.15) is 27.7 Å². The molecule has 17 heavy (non-hydrogen) atoms. The fourth-order valence-electron chi connectivity index (χ4n) is 1.58. The van der Waals surface area contributed by atoms with Gasteiger partial charge < -0.3 is 4.74 Å². The van der Waals surface area contributed by atoms with Gasteiger partial charge >= 0.3 is 0 Å². The summed E-state index contributed by atoms with van der Waals surface area (Å²) in [5, 5.41) is 0. The molecule has 4 nitrogen and oxygen atoms in total. The number of hydrogen-bond donors (Lipinski definition) is 0. The van der Waals surface area contributed by atoms with E-state index in [1.165, 1.54) is 0 Å². The lowest BCUT2D eigenvalue weighted by Crippen LogP contribution is -2.43. The highest BCUT2D eigenvalue weighted by molar-refractivity contribution is 7.91. The molecule has 0 aromatic rings. The molecule has 1 rings (SSSR count). The van der Waals surface area contributed by atoms with Crippen LogP contribution in [-0.2, 0) is 14.6 Å². The first-order valence-corrected chi connectivity index (χ1v) is 8.12. The van der Waals surface area contributed by atoms with E-state index in [0.717, 1.165) is 6.54 Å². The third-order valence-corrected chi connectivity index (χ3v) is 5.32. The predicted molar refractivity (Wildman–Crippen MR) is 70.0 cm³/mol. The number of nitrogens with zero attached hydrogens (tertiary/aromatic N) is 1. The molecule has 0 spiro atoms. The highest BCUT2D eigenvalue weighted by Crippen LogP contribution is 2.20. The normalized spacial score (nSPS) is 21.9. The Morgan fingerprint density at radius 1 is 1.24 bits per heavy atom. The van der Waals surface area contributed by atoms with Gasteiger partial charge in [0.15, 0.2) is 9.84 Å². The van der Waals surface area contributed by atoms with Gasteiger partial charge in [-0.1, -0.05) is 13.8 Å². The Kier molecular flexibility index (Phi) is 4.98. The van der Waals surface area contributed by atoms with Gasteiger partial charge in [0.25, 0.3) is 0 Å². The Morgan fingerprint density at radius 3 is 2.24 bits per heavy atom. The van der Waals surface area contributed by atoms with Crippen molar-refractivity contribution in [3.8, 4) is 0 Å². The average Bonchev–Trinajstić information content (AvgIpc) is 2.20. The van der Waals surface area contributed by atoms with Crippen molar-refractivity contribution >= 4 is 9.84 Å². The van der Waals surface area contributed by atoms with Gasteiger partial charge in [0.1, 0.15) is 0 Å². The SMILES string of the molecule is CC(C)C(C)(C)OCCN1CCS(=O)(=O)CC1. The van der Waals surface area contributed by atoms with Crippen molar-refractivity contribution in [1.82, 2.24) is 4.90 Å². The van der Waals surface area contributed by atoms with Crippen LogP contribution in [0, 0.1) is 5.92 Å². The molecule has 1 heterocycles. The van der Waals surface area contributed by atoms with E-state index in [0.29, 0.717) is 37.1 Å². The summed E-state index contributed by atoms with van der Waals surface area (Å²) in [4.78, 5) is 2.16. The first kappa shape index (κ1) is 14.9. The third-order valence-electron chi connectivity index (χ3n) is 3.71. The first-order chi connectivity index (χ1) is 7.73. The molecular formula is C12H25NO3S. The Morgan fingerprint density at radius 2 is 1.76 bits per heavy atom. The maximum Gasteiger partial charge on any atom is 0.152 e. The molecule has 0 aromatic heterocycles. The largest absolute Gasteiger partial charge is 0.374 e. The van der Waals surface area contributed by atoms with E-state index in [1.807, 2.05) is 0 Å². The van der Waals surface area contributed by atoms with Crippen LogP contribution >= 0.6 is 0 Å². The lowest BCUT2D eigenvalue weighted by Gasteiger charge is -2.32. The Hall–Kier alpha value is -0.130. The summed E-state index contributed by atoms with van der Waals surface area (Å²) in [7, 11) is -2.77. The lowest BCUT2D eigenvalue weighted by molar-refractivity contribution is -0.0563. The molecule has 102 valence electrons. The summed E-state index contributed by atoms with van der Waals surface area (Å²) in [6, 6.07) is 0. The Labute approximate surface area is 105 Å². The smallest absolute Gasteiger partial charge is 0.152 e. The van der Waals surface area contributed by atoms with E-state index >= 15 is 0 Å². The summed E-state index contributed by atoms with van der Waals surface area (Å²) in [6.45, 7) is 11.3. The molecule has 0 radical (unpaired) electrons. The molecule has 1 aliphatic heterocycles. The molecule has 0 atom stereocenters. The van der Waals surface area contributed by atoms with Crippen LogP contribution in [0.3, 0.4) is 0 Å². The maximum absolute atomic E-state index is 11.3. The molecule has 0 amide bonds. The van der Waals surface area contributed by atoms with Gasteiger partial charge in [0, 0.05) is 19.6 Å². The second-order valence-corrected chi connectivity index (χ2v) is 7.90. The highest BCUT2D eigenvalue weighted by atomic mass is 32.2. The maximum atomic E-state index is 11.3. The molecule has 0 unspecified atom stereocenters. The van der Waals surface area contributed by atoms with Gasteiger partial charge in [-0.15, -0.1) is 0 Å². The minimum atomic E-state index is -2.77. The molecular weight excluding hydrogens is 238 g/mol. The second kappa shape index (κ2) is 5.67. The minimum absolute atomic E-state index is 0.109. The summed E-state index contributed by atoms with van der Waals surface area (Å²) in [5.41, 5.74) is -0.109. The molecule has 1 aliphatic rings. The molecule has 0 N–H and O–H groups in total. The summed E-state index contributed by atoms with van der Waals surface area (Å²) >= 11 is 0. The fourth-order valence-corrected chi connectivity index (χ4v) is 2.86. The van der Waals surface area contributed by atoms with E-state index in [4.69, 9.17) is 4.74 Å². The van der Waals surface area contributed by atoms with Gasteiger partial charge in [0.2, 0.25) is 0 Å². The topological polar surface area (TPSA) is 46.6 Å². The van der Waals surface area contributed by atoms with Crippen LogP contribution in [0.5, 0.6) is 0 Å². The first-order valence-electron chi connectivity index (χ1n) is 6.30. The van der Waals surface area contributed by atoms with E-state index < -0.39 is 9.84 Å². The quantitative estimate of drug-likeness (QED) is 0.747. The van der Waals surface area contributed by atoms with E-state index in [1.54, 1.807) is 0 Å². The standard InChI is InChI=1S/C12H25NO3S/c1-11(2)12(3,4)16-8-5-13-6-9-17(14,15)10-7-13/h11H,5-10H2,1-4H3. The van der Waals surface area contributed by atoms with Crippen LogP contribution < -0.4 is 0 Å². The zero-order valence-corrected chi connectivity index (χ0v) is 12.2. The van der Waals surface area contributed by atoms with Crippen molar-refractivity contribution in [3.63, 3.8) is 0 Å². The third kappa shape index (κ3) is 4.94. The van der Waals surface area contributed by atoms with Crippen molar-refractivity contribution < 1.29 is 13.2 Å². The van der Waals surface area contributed by atoms with Crippen LogP contribution in [-0.4, -0.2) is 56.7 Å². The van der Waals surface area contributed by atoms with E-state index in [2.05, 4.69) is 32.6 Å². The number of sulfone groups is 1. The van der Waals surface area contributed by atoms with E-state index in [-0.39, 0.29) is 5.60 Å². The van der Waals surface area contributed by atoms with Gasteiger partial charge in [-0.2, -0.15) is 0 Å². The highest BCUT2D eigenvalue weighted by Gasteiger charge is 2.24. The van der Waals surface area contributed by atoms with Gasteiger partial charge in [-0.3, -0.25) is 4.90 Å². The fraction of sp³-hybridized carbons (Fsp3) is 1.00. The number of ether oxygens (including phenoxy) is 1. The summed E-state index contributed by atoms with van der Waals surface area (Å²) in [5.74, 6) is 1.06. The molecule has 5 heteroatoms. The van der Waals surface area contributed by atoms with Crippen molar-refractivity contribution in [2.45, 2.75) is 33.3 Å². The van der Waals surface area contributed by atoms with E-state index in [9.17, 15) is 8.42 Å². The van der Waals surface area contributed by atoms with Gasteiger partial charge in [-0.25, -0.2) is 8.42 Å². The zero-order chi connectivity index (χ0) is 13.1. The van der Waals surface area contributed by atoms with Crippen molar-refractivity contribution in [3.05, 3.63) is 0 Å². The molecule has 0 aromatic carbocycles. The van der Waals surface area contributed by atoms with Crippen molar-refractivity contribution in [2.75, 3.05) is 37.7 Å².